The molecule has 0 aliphatic carbocycles. The Hall–Kier alpha value is -2.40. The van der Waals surface area contributed by atoms with Gasteiger partial charge in [-0.1, -0.05) is 52.3 Å². The number of ketones is 1. The number of nitrogens with one attached hydrogen (secondary N) is 1. The smallest absolute Gasteiger partial charge is 0.187 e. The Bertz CT molecular complexity index is 739. The maximum atomic E-state index is 12.1. The van der Waals surface area contributed by atoms with Crippen molar-refractivity contribution in [3.05, 3.63) is 75.9 Å². The van der Waals surface area contributed by atoms with Gasteiger partial charge in [-0.05, 0) is 24.6 Å². The van der Waals surface area contributed by atoms with Crippen LogP contribution in [0.1, 0.15) is 15.9 Å². The Morgan fingerprint density at radius 3 is 2.41 bits per heavy atom. The van der Waals surface area contributed by atoms with Crippen LogP contribution in [0.2, 0.25) is 0 Å². The fourth-order valence-corrected chi connectivity index (χ4v) is 2.17. The Balaban J connectivity index is 2.26. The molecule has 4 nitrogen and oxygen atoms in total. The van der Waals surface area contributed by atoms with Gasteiger partial charge in [0.1, 0.15) is 0 Å². The lowest BCUT2D eigenvalue weighted by molar-refractivity contribution is -0.299. The number of aliphatic carboxylic acids is 1. The number of benzene rings is 2. The van der Waals surface area contributed by atoms with Crippen LogP contribution in [0, 0.1) is 6.92 Å². The Morgan fingerprint density at radius 2 is 1.82 bits per heavy atom. The van der Waals surface area contributed by atoms with E-state index in [1.54, 1.807) is 42.5 Å². The number of aryl methyl sites for hydroxylation is 1. The number of allylic oxidation sites excluding steroid dienone is 1. The van der Waals surface area contributed by atoms with Gasteiger partial charge in [-0.2, -0.15) is 0 Å². The summed E-state index contributed by atoms with van der Waals surface area (Å²) in [4.78, 5) is 23.3. The molecule has 0 saturated carbocycles. The van der Waals surface area contributed by atoms with Gasteiger partial charge in [0.2, 0.25) is 0 Å². The van der Waals surface area contributed by atoms with Crippen molar-refractivity contribution in [2.24, 2.45) is 0 Å². The Labute approximate surface area is 136 Å². The first-order chi connectivity index (χ1) is 10.5. The van der Waals surface area contributed by atoms with Crippen LogP contribution < -0.4 is 10.4 Å². The van der Waals surface area contributed by atoms with Gasteiger partial charge >= 0.3 is 0 Å². The lowest BCUT2D eigenvalue weighted by atomic mass is 10.1. The summed E-state index contributed by atoms with van der Waals surface area (Å²) in [5.74, 6) is -1.85. The molecule has 112 valence electrons. The van der Waals surface area contributed by atoms with E-state index in [9.17, 15) is 14.7 Å². The molecule has 0 aromatic heterocycles. The third-order valence-corrected chi connectivity index (χ3v) is 3.86. The minimum atomic E-state index is -1.44. The number of rotatable bonds is 5. The highest BCUT2D eigenvalue weighted by atomic mass is 79.9. The number of carboxylic acids is 1. The minimum Gasteiger partial charge on any atom is -0.543 e. The number of anilines is 1. The van der Waals surface area contributed by atoms with Crippen LogP contribution in [0.15, 0.2) is 64.8 Å². The maximum absolute atomic E-state index is 12.1. The van der Waals surface area contributed by atoms with E-state index in [1.165, 1.54) is 0 Å². The normalized spacial score (nSPS) is 11.1. The summed E-state index contributed by atoms with van der Waals surface area (Å²) in [5.41, 5.74) is 1.69. The molecule has 0 heterocycles. The minimum absolute atomic E-state index is 0.287. The van der Waals surface area contributed by atoms with Gasteiger partial charge in [0, 0.05) is 21.8 Å². The van der Waals surface area contributed by atoms with Crippen LogP contribution in [0.3, 0.4) is 0 Å². The molecule has 0 aliphatic rings. The van der Waals surface area contributed by atoms with Crippen LogP contribution in [-0.2, 0) is 4.79 Å². The molecule has 0 saturated heterocycles. The second-order valence-corrected chi connectivity index (χ2v) is 5.52. The van der Waals surface area contributed by atoms with Crippen molar-refractivity contribution in [1.82, 2.24) is 0 Å². The van der Waals surface area contributed by atoms with Crippen LogP contribution in [0.5, 0.6) is 0 Å². The fourth-order valence-electron chi connectivity index (χ4n) is 1.79. The van der Waals surface area contributed by atoms with E-state index >= 15 is 0 Å². The average Bonchev–Trinajstić information content (AvgIpc) is 2.51. The van der Waals surface area contributed by atoms with Gasteiger partial charge in [-0.15, -0.1) is 0 Å². The van der Waals surface area contributed by atoms with Gasteiger partial charge in [0.05, 0.1) is 11.7 Å². The zero-order valence-corrected chi connectivity index (χ0v) is 13.4. The van der Waals surface area contributed by atoms with Crippen molar-refractivity contribution in [3.63, 3.8) is 0 Å². The third-order valence-electron chi connectivity index (χ3n) is 3.00. The molecule has 0 aliphatic heterocycles. The molecule has 1 N–H and O–H groups in total. The molecular formula is C17H13BrNO3-. The first kappa shape index (κ1) is 16.0. The quantitative estimate of drug-likeness (QED) is 0.658. The molecular weight excluding hydrogens is 346 g/mol. The lowest BCUT2D eigenvalue weighted by Gasteiger charge is -2.13. The van der Waals surface area contributed by atoms with Crippen LogP contribution >= 0.6 is 15.9 Å². The van der Waals surface area contributed by atoms with E-state index in [-0.39, 0.29) is 5.70 Å². The molecule has 0 bridgehead atoms. The molecule has 0 radical (unpaired) electrons. The van der Waals surface area contributed by atoms with E-state index < -0.39 is 11.8 Å². The summed E-state index contributed by atoms with van der Waals surface area (Å²) >= 11 is 3.37. The predicted molar refractivity (Wildman–Crippen MR) is 86.4 cm³/mol. The van der Waals surface area contributed by atoms with Gasteiger partial charge in [-0.25, -0.2) is 0 Å². The van der Waals surface area contributed by atoms with E-state index in [2.05, 4.69) is 21.2 Å². The second kappa shape index (κ2) is 7.04. The molecule has 22 heavy (non-hydrogen) atoms. The largest absolute Gasteiger partial charge is 0.543 e. The third kappa shape index (κ3) is 4.05. The molecule has 5 heteroatoms. The number of halogens is 1. The molecule has 2 aromatic rings. The molecule has 2 rings (SSSR count). The van der Waals surface area contributed by atoms with Crippen molar-refractivity contribution >= 4 is 33.4 Å². The van der Waals surface area contributed by atoms with E-state index in [4.69, 9.17) is 0 Å². The Kier molecular flexibility index (Phi) is 5.12. The van der Waals surface area contributed by atoms with Crippen LogP contribution in [0.4, 0.5) is 5.69 Å². The van der Waals surface area contributed by atoms with Crippen molar-refractivity contribution in [1.29, 1.82) is 0 Å². The molecule has 0 amide bonds. The summed E-state index contributed by atoms with van der Waals surface area (Å²) in [6, 6.07) is 13.7. The standard InChI is InChI=1S/C17H14BrNO3/c1-11-7-8-13(9-14(11)18)19-15(17(21)22)10-16(20)12-5-3-2-4-6-12/h2-10,19H,1H3,(H,21,22)/p-1. The van der Waals surface area contributed by atoms with E-state index in [1.807, 2.05) is 13.0 Å². The summed E-state index contributed by atoms with van der Waals surface area (Å²) in [6.45, 7) is 1.92. The topological polar surface area (TPSA) is 69.2 Å². The monoisotopic (exact) mass is 358 g/mol. The highest BCUT2D eigenvalue weighted by molar-refractivity contribution is 9.10. The van der Waals surface area contributed by atoms with Gasteiger partial charge in [0.15, 0.2) is 5.78 Å². The number of carbonyl (C=O) groups is 2. The number of carboxylic acid groups (broad SMARTS) is 1. The summed E-state index contributed by atoms with van der Waals surface area (Å²) < 4.78 is 0.838. The summed E-state index contributed by atoms with van der Waals surface area (Å²) in [5, 5.41) is 13.9. The van der Waals surface area contributed by atoms with E-state index in [0.29, 0.717) is 11.3 Å². The van der Waals surface area contributed by atoms with Gasteiger partial charge in [-0.3, -0.25) is 4.79 Å². The van der Waals surface area contributed by atoms with Crippen molar-refractivity contribution in [2.75, 3.05) is 5.32 Å². The SMILES string of the molecule is Cc1ccc(NC(=CC(=O)c2ccccc2)C(=O)[O-])cc1Br. The van der Waals surface area contributed by atoms with Crippen molar-refractivity contribution in [3.8, 4) is 0 Å². The number of hydrogen-bond donors (Lipinski definition) is 1. The summed E-state index contributed by atoms with van der Waals surface area (Å²) in [7, 11) is 0. The molecule has 0 fully saturated rings. The van der Waals surface area contributed by atoms with Crippen LogP contribution in [0.25, 0.3) is 0 Å². The average molecular weight is 359 g/mol. The number of hydrogen-bond acceptors (Lipinski definition) is 4. The van der Waals surface area contributed by atoms with Crippen molar-refractivity contribution < 1.29 is 14.7 Å². The first-order valence-corrected chi connectivity index (χ1v) is 7.32. The zero-order valence-electron chi connectivity index (χ0n) is 11.8. The van der Waals surface area contributed by atoms with Gasteiger partial charge in [0.25, 0.3) is 0 Å². The van der Waals surface area contributed by atoms with Gasteiger partial charge < -0.3 is 15.2 Å². The Morgan fingerprint density at radius 1 is 1.14 bits per heavy atom. The van der Waals surface area contributed by atoms with Crippen LogP contribution in [-0.4, -0.2) is 11.8 Å². The highest BCUT2D eigenvalue weighted by Gasteiger charge is 2.07. The predicted octanol–water partition coefficient (Wildman–Crippen LogP) is 2.69. The first-order valence-electron chi connectivity index (χ1n) is 6.53. The van der Waals surface area contributed by atoms with Crippen molar-refractivity contribution in [2.45, 2.75) is 6.92 Å². The maximum Gasteiger partial charge on any atom is 0.187 e. The molecule has 0 atom stereocenters. The molecule has 0 spiro atoms. The van der Waals surface area contributed by atoms with E-state index in [0.717, 1.165) is 16.1 Å². The summed E-state index contributed by atoms with van der Waals surface area (Å²) in [6.07, 6.45) is 1.03. The highest BCUT2D eigenvalue weighted by Crippen LogP contribution is 2.21. The zero-order chi connectivity index (χ0) is 16.1. The lowest BCUT2D eigenvalue weighted by Crippen LogP contribution is -2.29. The second-order valence-electron chi connectivity index (χ2n) is 4.66. The molecule has 0 unspecified atom stereocenters. The number of carbonyl (C=O) groups excluding carboxylic acids is 2. The molecule has 2 aromatic carbocycles. The fraction of sp³-hybridized carbons (Fsp3) is 0.0588.